The number of aromatic nitrogens is 2. The van der Waals surface area contributed by atoms with Gasteiger partial charge in [0.2, 0.25) is 0 Å². The standard InChI is InChI=1S/C21H24N5.Li/c1-4-5-18-14-19(26-13-12-24-15(26)2)10-11-20(18)16-6-8-17(9-7-16)21(22)25-23-3;/h6-14,23H,4-5H2,1-3H3,(H-,22,25);/q-1;+1. The maximum atomic E-state index is 9.92. The van der Waals surface area contributed by atoms with Gasteiger partial charge in [0.1, 0.15) is 5.82 Å². The van der Waals surface area contributed by atoms with Crippen molar-refractivity contribution in [2.24, 2.45) is 0 Å². The van der Waals surface area contributed by atoms with Gasteiger partial charge in [0, 0.05) is 18.1 Å². The molecule has 2 N–H and O–H groups in total. The summed E-state index contributed by atoms with van der Waals surface area (Å²) in [6, 6.07) is 14.5. The van der Waals surface area contributed by atoms with Gasteiger partial charge < -0.3 is 20.8 Å². The van der Waals surface area contributed by atoms with Gasteiger partial charge in [0.05, 0.1) is 0 Å². The minimum absolute atomic E-state index is 0. The molecule has 0 saturated carbocycles. The molecule has 1 aromatic heterocycles. The van der Waals surface area contributed by atoms with Crippen LogP contribution < -0.4 is 29.7 Å². The Morgan fingerprint density at radius 3 is 2.48 bits per heavy atom. The van der Waals surface area contributed by atoms with Crippen molar-refractivity contribution in [1.82, 2.24) is 20.4 Å². The van der Waals surface area contributed by atoms with Crippen molar-refractivity contribution < 1.29 is 18.9 Å². The average Bonchev–Trinajstić information content (AvgIpc) is 3.08. The van der Waals surface area contributed by atoms with Crippen LogP contribution in [0.4, 0.5) is 0 Å². The summed E-state index contributed by atoms with van der Waals surface area (Å²) in [5.41, 5.74) is 11.0. The first-order valence-electron chi connectivity index (χ1n) is 8.86. The van der Waals surface area contributed by atoms with Crippen LogP contribution in [0.2, 0.25) is 0 Å². The molecule has 3 aromatic rings. The molecule has 1 heterocycles. The number of nitrogens with one attached hydrogen (secondary N) is 2. The van der Waals surface area contributed by atoms with E-state index in [1.165, 1.54) is 11.1 Å². The van der Waals surface area contributed by atoms with E-state index in [0.717, 1.165) is 35.5 Å². The van der Waals surface area contributed by atoms with E-state index in [9.17, 15) is 5.41 Å². The second-order valence-electron chi connectivity index (χ2n) is 6.24. The fraction of sp³-hybridized carbons (Fsp3) is 0.238. The Kier molecular flexibility index (Phi) is 7.43. The Hall–Kier alpha value is -2.32. The molecule has 0 aliphatic rings. The summed E-state index contributed by atoms with van der Waals surface area (Å²) >= 11 is 0. The summed E-state index contributed by atoms with van der Waals surface area (Å²) in [5.74, 6) is 1.09. The smallest absolute Gasteiger partial charge is 0.464 e. The van der Waals surface area contributed by atoms with Crippen molar-refractivity contribution >= 4 is 5.84 Å². The molecule has 5 nitrogen and oxygen atoms in total. The van der Waals surface area contributed by atoms with Gasteiger partial charge in [-0.1, -0.05) is 49.5 Å². The Labute approximate surface area is 172 Å². The van der Waals surface area contributed by atoms with Gasteiger partial charge in [-0.25, -0.2) is 4.98 Å². The van der Waals surface area contributed by atoms with Gasteiger partial charge in [-0.05, 0) is 54.8 Å². The van der Waals surface area contributed by atoms with Crippen molar-refractivity contribution in [3.8, 4) is 16.8 Å². The van der Waals surface area contributed by atoms with Crippen LogP contribution in [0.5, 0.6) is 0 Å². The first-order valence-corrected chi connectivity index (χ1v) is 8.86. The fourth-order valence-corrected chi connectivity index (χ4v) is 3.14. The van der Waals surface area contributed by atoms with E-state index in [0.29, 0.717) is 0 Å². The predicted molar refractivity (Wildman–Crippen MR) is 107 cm³/mol. The van der Waals surface area contributed by atoms with E-state index in [-0.39, 0.29) is 24.7 Å². The molecule has 0 bridgehead atoms. The zero-order chi connectivity index (χ0) is 18.5. The Morgan fingerprint density at radius 2 is 1.89 bits per heavy atom. The maximum Gasteiger partial charge on any atom is 1.00 e. The molecule has 0 spiro atoms. The number of hydrazine groups is 1. The van der Waals surface area contributed by atoms with Crippen LogP contribution in [-0.2, 0) is 6.42 Å². The third-order valence-electron chi connectivity index (χ3n) is 4.42. The second-order valence-corrected chi connectivity index (χ2v) is 6.24. The van der Waals surface area contributed by atoms with E-state index < -0.39 is 0 Å². The predicted octanol–water partition coefficient (Wildman–Crippen LogP) is 0.844. The monoisotopic (exact) mass is 353 g/mol. The minimum atomic E-state index is 0. The molecule has 0 aliphatic heterocycles. The first kappa shape index (κ1) is 21.0. The summed E-state index contributed by atoms with van der Waals surface area (Å²) in [6.45, 7) is 4.20. The summed E-state index contributed by atoms with van der Waals surface area (Å²) in [5, 5.41) is 9.92. The van der Waals surface area contributed by atoms with Crippen LogP contribution in [0.1, 0.15) is 30.3 Å². The van der Waals surface area contributed by atoms with E-state index in [1.807, 2.05) is 43.6 Å². The quantitative estimate of drug-likeness (QED) is 0.299. The molecular formula is C21H24LiN5. The number of hydrogen-bond donors (Lipinski definition) is 2. The molecule has 2 aromatic carbocycles. The second kappa shape index (κ2) is 9.57. The Bertz CT molecular complexity index is 899. The average molecular weight is 353 g/mol. The zero-order valence-corrected chi connectivity index (χ0v) is 16.5. The molecule has 0 amide bonds. The molecular weight excluding hydrogens is 329 g/mol. The Morgan fingerprint density at radius 1 is 1.15 bits per heavy atom. The number of amidine groups is 1. The molecule has 0 saturated heterocycles. The van der Waals surface area contributed by atoms with Crippen LogP contribution >= 0.6 is 0 Å². The molecule has 134 valence electrons. The van der Waals surface area contributed by atoms with Gasteiger partial charge in [-0.3, -0.25) is 0 Å². The van der Waals surface area contributed by atoms with Crippen molar-refractivity contribution in [3.05, 3.63) is 77.2 Å². The Balaban J connectivity index is 0.00000261. The summed E-state index contributed by atoms with van der Waals surface area (Å²) in [4.78, 5) is 4.32. The molecule has 27 heavy (non-hydrogen) atoms. The SMILES string of the molecule is CCCc1cc(-n2ccnc2C)ccc1-c1ccc(C(=[N-])NNC)cc1.[Li+]. The molecule has 6 heteroatoms. The van der Waals surface area contributed by atoms with Gasteiger partial charge in [-0.15, -0.1) is 0 Å². The van der Waals surface area contributed by atoms with Crippen molar-refractivity contribution in [1.29, 1.82) is 0 Å². The number of benzene rings is 2. The van der Waals surface area contributed by atoms with Crippen LogP contribution in [-0.4, -0.2) is 22.4 Å². The summed E-state index contributed by atoms with van der Waals surface area (Å²) in [6.07, 6.45) is 5.90. The van der Waals surface area contributed by atoms with Gasteiger partial charge >= 0.3 is 18.9 Å². The van der Waals surface area contributed by atoms with Crippen LogP contribution in [0.3, 0.4) is 0 Å². The largest absolute Gasteiger partial charge is 1.00 e. The van der Waals surface area contributed by atoms with Crippen LogP contribution in [0, 0.1) is 6.92 Å². The summed E-state index contributed by atoms with van der Waals surface area (Å²) in [7, 11) is 1.71. The number of hydrogen-bond acceptors (Lipinski definition) is 2. The fourth-order valence-electron chi connectivity index (χ4n) is 3.14. The van der Waals surface area contributed by atoms with E-state index >= 15 is 0 Å². The first-order chi connectivity index (χ1) is 12.6. The molecule has 3 rings (SSSR count). The maximum absolute atomic E-state index is 9.92. The number of imidazole rings is 1. The van der Waals surface area contributed by atoms with E-state index in [1.54, 1.807) is 7.05 Å². The van der Waals surface area contributed by atoms with Crippen LogP contribution in [0.25, 0.3) is 22.2 Å². The topological polar surface area (TPSA) is 64.2 Å². The minimum Gasteiger partial charge on any atom is -0.464 e. The number of nitrogens with zero attached hydrogens (tertiary/aromatic N) is 3. The number of aryl methyl sites for hydroxylation is 2. The van der Waals surface area contributed by atoms with Crippen LogP contribution in [0.15, 0.2) is 54.9 Å². The normalized spacial score (nSPS) is 10.3. The molecule has 0 unspecified atom stereocenters. The van der Waals surface area contributed by atoms with Gasteiger partial charge in [0.25, 0.3) is 0 Å². The van der Waals surface area contributed by atoms with E-state index in [4.69, 9.17) is 0 Å². The van der Waals surface area contributed by atoms with Gasteiger partial charge in [0.15, 0.2) is 0 Å². The van der Waals surface area contributed by atoms with Crippen molar-refractivity contribution in [3.63, 3.8) is 0 Å². The number of rotatable bonds is 6. The molecule has 0 fully saturated rings. The van der Waals surface area contributed by atoms with E-state index in [2.05, 4.69) is 45.5 Å². The molecule has 0 aliphatic carbocycles. The summed E-state index contributed by atoms with van der Waals surface area (Å²) < 4.78 is 2.10. The van der Waals surface area contributed by atoms with Gasteiger partial charge in [-0.2, -0.15) is 0 Å². The van der Waals surface area contributed by atoms with Crippen molar-refractivity contribution in [2.75, 3.05) is 7.05 Å². The molecule has 0 radical (unpaired) electrons. The zero-order valence-electron chi connectivity index (χ0n) is 16.5. The molecule has 0 atom stereocenters. The third kappa shape index (κ3) is 4.70. The van der Waals surface area contributed by atoms with Crippen molar-refractivity contribution in [2.45, 2.75) is 26.7 Å². The third-order valence-corrected chi connectivity index (χ3v) is 4.42.